The van der Waals surface area contributed by atoms with E-state index < -0.39 is 0 Å². The Labute approximate surface area is 121 Å². The number of rotatable bonds is 5. The average Bonchev–Trinajstić information content (AvgIpc) is 2.48. The molecule has 2 nitrogen and oxygen atoms in total. The fourth-order valence-electron chi connectivity index (χ4n) is 2.13. The first-order valence-corrected chi connectivity index (χ1v) is 6.97. The van der Waals surface area contributed by atoms with Gasteiger partial charge in [-0.05, 0) is 23.6 Å². The van der Waals surface area contributed by atoms with E-state index in [2.05, 4.69) is 13.8 Å². The Hall–Kier alpha value is -2.09. The molecule has 0 unspecified atom stereocenters. The minimum atomic E-state index is 0.145. The highest BCUT2D eigenvalue weighted by molar-refractivity contribution is 5.99. The summed E-state index contributed by atoms with van der Waals surface area (Å²) in [6, 6.07) is 17.9. The van der Waals surface area contributed by atoms with Gasteiger partial charge in [-0.15, -0.1) is 0 Å². The Morgan fingerprint density at radius 3 is 2.15 bits per heavy atom. The van der Waals surface area contributed by atoms with E-state index in [1.807, 2.05) is 66.5 Å². The zero-order valence-corrected chi connectivity index (χ0v) is 12.3. The number of anilines is 1. The molecule has 0 amide bonds. The lowest BCUT2D eigenvalue weighted by Gasteiger charge is -2.18. The molecule has 0 atom stereocenters. The second-order valence-corrected chi connectivity index (χ2v) is 5.39. The molecule has 2 heteroatoms. The Morgan fingerprint density at radius 1 is 1.00 bits per heavy atom. The SMILES string of the molecule is CC(C)c1ccc(C(=O)CN(C)c2ccccc2)cc1. The number of ketones is 1. The van der Waals surface area contributed by atoms with Crippen LogP contribution in [0.5, 0.6) is 0 Å². The van der Waals surface area contributed by atoms with Gasteiger partial charge >= 0.3 is 0 Å². The summed E-state index contributed by atoms with van der Waals surface area (Å²) in [7, 11) is 1.94. The Morgan fingerprint density at radius 2 is 1.60 bits per heavy atom. The van der Waals surface area contributed by atoms with Gasteiger partial charge in [0.05, 0.1) is 6.54 Å². The molecule has 0 aliphatic heterocycles. The molecule has 0 spiro atoms. The van der Waals surface area contributed by atoms with E-state index in [-0.39, 0.29) is 5.78 Å². The van der Waals surface area contributed by atoms with Gasteiger partial charge in [-0.1, -0.05) is 56.3 Å². The molecule has 0 radical (unpaired) electrons. The number of hydrogen-bond acceptors (Lipinski definition) is 2. The fraction of sp³-hybridized carbons (Fsp3) is 0.278. The molecular formula is C18H21NO. The van der Waals surface area contributed by atoms with Crippen molar-refractivity contribution >= 4 is 11.5 Å². The number of para-hydroxylation sites is 1. The van der Waals surface area contributed by atoms with Crippen LogP contribution in [0, 0.1) is 0 Å². The highest BCUT2D eigenvalue weighted by Gasteiger charge is 2.10. The first kappa shape index (κ1) is 14.3. The smallest absolute Gasteiger partial charge is 0.182 e. The van der Waals surface area contributed by atoms with Gasteiger partial charge in [0.2, 0.25) is 0 Å². The summed E-state index contributed by atoms with van der Waals surface area (Å²) in [4.78, 5) is 14.2. The van der Waals surface area contributed by atoms with Crippen LogP contribution in [0.3, 0.4) is 0 Å². The lowest BCUT2D eigenvalue weighted by molar-refractivity contribution is 0.100. The molecule has 20 heavy (non-hydrogen) atoms. The molecule has 0 N–H and O–H groups in total. The third-order valence-electron chi connectivity index (χ3n) is 3.48. The summed E-state index contributed by atoms with van der Waals surface area (Å²) in [6.45, 7) is 4.70. The van der Waals surface area contributed by atoms with Crippen molar-refractivity contribution in [3.8, 4) is 0 Å². The maximum Gasteiger partial charge on any atom is 0.182 e. The molecule has 0 aliphatic carbocycles. The molecule has 0 saturated carbocycles. The van der Waals surface area contributed by atoms with E-state index >= 15 is 0 Å². The predicted molar refractivity (Wildman–Crippen MR) is 84.6 cm³/mol. The van der Waals surface area contributed by atoms with Crippen LogP contribution in [0.25, 0.3) is 0 Å². The molecule has 0 fully saturated rings. The van der Waals surface area contributed by atoms with Crippen molar-refractivity contribution in [1.29, 1.82) is 0 Å². The van der Waals surface area contributed by atoms with Gasteiger partial charge in [0.15, 0.2) is 5.78 Å². The summed E-state index contributed by atoms with van der Waals surface area (Å²) < 4.78 is 0. The summed E-state index contributed by atoms with van der Waals surface area (Å²) in [5.74, 6) is 0.637. The van der Waals surface area contributed by atoms with Crippen LogP contribution in [0.4, 0.5) is 5.69 Å². The topological polar surface area (TPSA) is 20.3 Å². The molecule has 2 aromatic carbocycles. The minimum absolute atomic E-state index is 0.145. The van der Waals surface area contributed by atoms with E-state index in [9.17, 15) is 4.79 Å². The molecule has 0 saturated heterocycles. The molecule has 2 aromatic rings. The van der Waals surface area contributed by atoms with Crippen LogP contribution in [0.1, 0.15) is 35.7 Å². The third-order valence-corrected chi connectivity index (χ3v) is 3.48. The monoisotopic (exact) mass is 267 g/mol. The van der Waals surface area contributed by atoms with E-state index in [1.54, 1.807) is 0 Å². The van der Waals surface area contributed by atoms with Crippen LogP contribution >= 0.6 is 0 Å². The van der Waals surface area contributed by atoms with Crippen molar-refractivity contribution in [1.82, 2.24) is 0 Å². The van der Waals surface area contributed by atoms with Crippen LogP contribution < -0.4 is 4.90 Å². The average molecular weight is 267 g/mol. The number of nitrogens with zero attached hydrogens (tertiary/aromatic N) is 1. The highest BCUT2D eigenvalue weighted by Crippen LogP contribution is 2.16. The predicted octanol–water partition coefficient (Wildman–Crippen LogP) is 4.13. The quantitative estimate of drug-likeness (QED) is 0.759. The minimum Gasteiger partial charge on any atom is -0.367 e. The molecule has 0 aliphatic rings. The molecular weight excluding hydrogens is 246 g/mol. The molecule has 2 rings (SSSR count). The normalized spacial score (nSPS) is 10.6. The van der Waals surface area contributed by atoms with Gasteiger partial charge in [-0.25, -0.2) is 0 Å². The van der Waals surface area contributed by atoms with Crippen molar-refractivity contribution in [2.75, 3.05) is 18.5 Å². The highest BCUT2D eigenvalue weighted by atomic mass is 16.1. The fourth-order valence-corrected chi connectivity index (χ4v) is 2.13. The number of hydrogen-bond donors (Lipinski definition) is 0. The third kappa shape index (κ3) is 3.47. The van der Waals surface area contributed by atoms with E-state index in [0.29, 0.717) is 12.5 Å². The van der Waals surface area contributed by atoms with Gasteiger partial charge in [-0.2, -0.15) is 0 Å². The lowest BCUT2D eigenvalue weighted by Crippen LogP contribution is -2.25. The van der Waals surface area contributed by atoms with Crippen molar-refractivity contribution in [3.63, 3.8) is 0 Å². The van der Waals surface area contributed by atoms with Crippen LogP contribution in [-0.2, 0) is 0 Å². The van der Waals surface area contributed by atoms with Crippen LogP contribution in [0.15, 0.2) is 54.6 Å². The standard InChI is InChI=1S/C18H21NO/c1-14(2)15-9-11-16(12-10-15)18(20)13-19(3)17-7-5-4-6-8-17/h4-12,14H,13H2,1-3H3. The summed E-state index contributed by atoms with van der Waals surface area (Å²) >= 11 is 0. The van der Waals surface area contributed by atoms with E-state index in [1.165, 1.54) is 5.56 Å². The van der Waals surface area contributed by atoms with E-state index in [4.69, 9.17) is 0 Å². The van der Waals surface area contributed by atoms with Crippen molar-refractivity contribution in [2.24, 2.45) is 0 Å². The summed E-state index contributed by atoms with van der Waals surface area (Å²) in [5.41, 5.74) is 3.09. The number of Topliss-reactive ketones (excluding diaryl/α,β-unsaturated/α-hetero) is 1. The molecule has 104 valence electrons. The second kappa shape index (κ2) is 6.38. The summed E-state index contributed by atoms with van der Waals surface area (Å²) in [5, 5.41) is 0. The largest absolute Gasteiger partial charge is 0.367 e. The first-order chi connectivity index (χ1) is 9.58. The van der Waals surface area contributed by atoms with Gasteiger partial charge in [0.1, 0.15) is 0 Å². The number of likely N-dealkylation sites (N-methyl/N-ethyl adjacent to an activating group) is 1. The van der Waals surface area contributed by atoms with Crippen LogP contribution in [-0.4, -0.2) is 19.4 Å². The maximum absolute atomic E-state index is 12.3. The van der Waals surface area contributed by atoms with Crippen LogP contribution in [0.2, 0.25) is 0 Å². The maximum atomic E-state index is 12.3. The van der Waals surface area contributed by atoms with Gasteiger partial charge in [0.25, 0.3) is 0 Å². The Bertz CT molecular complexity index is 558. The Kier molecular flexibility index (Phi) is 4.57. The molecule has 0 bridgehead atoms. The Balaban J connectivity index is 2.05. The summed E-state index contributed by atoms with van der Waals surface area (Å²) in [6.07, 6.45) is 0. The van der Waals surface area contributed by atoms with Crippen molar-refractivity contribution < 1.29 is 4.79 Å². The van der Waals surface area contributed by atoms with E-state index in [0.717, 1.165) is 11.3 Å². The zero-order chi connectivity index (χ0) is 14.5. The second-order valence-electron chi connectivity index (χ2n) is 5.39. The lowest BCUT2D eigenvalue weighted by atomic mass is 10.0. The molecule has 0 aromatic heterocycles. The number of carbonyl (C=O) groups excluding carboxylic acids is 1. The first-order valence-electron chi connectivity index (χ1n) is 6.97. The number of carbonyl (C=O) groups is 1. The van der Waals surface area contributed by atoms with Gasteiger partial charge in [0, 0.05) is 18.3 Å². The number of benzene rings is 2. The zero-order valence-electron chi connectivity index (χ0n) is 12.3. The molecule has 0 heterocycles. The van der Waals surface area contributed by atoms with Gasteiger partial charge in [-0.3, -0.25) is 4.79 Å². The van der Waals surface area contributed by atoms with Crippen molar-refractivity contribution in [3.05, 3.63) is 65.7 Å². The van der Waals surface area contributed by atoms with Crippen molar-refractivity contribution in [2.45, 2.75) is 19.8 Å². The van der Waals surface area contributed by atoms with Gasteiger partial charge < -0.3 is 4.90 Å².